The number of aryl methyl sites for hydroxylation is 1. The lowest BCUT2D eigenvalue weighted by molar-refractivity contribution is -0.124. The highest BCUT2D eigenvalue weighted by Gasteiger charge is 2.08. The SMILES string of the molecule is COc1cc(C=NNC(=O)CCC(=O)Nc2ccc(C)cc2)ccc1OCc1ccc(Cl)cc1. The molecule has 176 valence electrons. The summed E-state index contributed by atoms with van der Waals surface area (Å²) in [5, 5.41) is 7.38. The summed E-state index contributed by atoms with van der Waals surface area (Å²) in [5.41, 5.74) is 5.93. The van der Waals surface area contributed by atoms with Crippen molar-refractivity contribution in [2.45, 2.75) is 26.4 Å². The average molecular weight is 480 g/mol. The van der Waals surface area contributed by atoms with Gasteiger partial charge in [0.15, 0.2) is 11.5 Å². The number of hydrogen-bond donors (Lipinski definition) is 2. The maximum Gasteiger partial charge on any atom is 0.240 e. The number of amides is 2. The molecule has 3 aromatic carbocycles. The van der Waals surface area contributed by atoms with E-state index in [0.717, 1.165) is 11.1 Å². The quantitative estimate of drug-likeness (QED) is 0.312. The van der Waals surface area contributed by atoms with Gasteiger partial charge in [-0.15, -0.1) is 0 Å². The van der Waals surface area contributed by atoms with Crippen molar-refractivity contribution in [2.24, 2.45) is 5.10 Å². The topological polar surface area (TPSA) is 89.0 Å². The summed E-state index contributed by atoms with van der Waals surface area (Å²) < 4.78 is 11.2. The van der Waals surface area contributed by atoms with Gasteiger partial charge in [0.05, 0.1) is 13.3 Å². The molecule has 0 saturated heterocycles. The summed E-state index contributed by atoms with van der Waals surface area (Å²) in [7, 11) is 1.55. The lowest BCUT2D eigenvalue weighted by atomic mass is 10.2. The molecule has 8 heteroatoms. The number of hydrazone groups is 1. The maximum atomic E-state index is 12.0. The summed E-state index contributed by atoms with van der Waals surface area (Å²) in [6, 6.07) is 20.2. The molecule has 7 nitrogen and oxygen atoms in total. The van der Waals surface area contributed by atoms with Crippen LogP contribution in [0.1, 0.15) is 29.5 Å². The molecular formula is C26H26ClN3O4. The Morgan fingerprint density at radius 2 is 1.65 bits per heavy atom. The van der Waals surface area contributed by atoms with Gasteiger partial charge in [0.2, 0.25) is 11.8 Å². The number of halogens is 1. The van der Waals surface area contributed by atoms with E-state index < -0.39 is 0 Å². The molecule has 0 heterocycles. The molecule has 3 rings (SSSR count). The first-order valence-corrected chi connectivity index (χ1v) is 11.0. The third-order valence-corrected chi connectivity index (χ3v) is 5.06. The Hall–Kier alpha value is -3.84. The Morgan fingerprint density at radius 3 is 2.35 bits per heavy atom. The Morgan fingerprint density at radius 1 is 0.941 bits per heavy atom. The zero-order valence-corrected chi connectivity index (χ0v) is 19.8. The van der Waals surface area contributed by atoms with Crippen LogP contribution in [-0.4, -0.2) is 25.1 Å². The summed E-state index contributed by atoms with van der Waals surface area (Å²) >= 11 is 5.90. The van der Waals surface area contributed by atoms with Gasteiger partial charge in [-0.2, -0.15) is 5.10 Å². The maximum absolute atomic E-state index is 12.0. The molecule has 2 N–H and O–H groups in total. The highest BCUT2D eigenvalue weighted by atomic mass is 35.5. The van der Waals surface area contributed by atoms with Gasteiger partial charge < -0.3 is 14.8 Å². The molecule has 0 radical (unpaired) electrons. The van der Waals surface area contributed by atoms with E-state index in [2.05, 4.69) is 15.8 Å². The van der Waals surface area contributed by atoms with Crippen LogP contribution in [0.3, 0.4) is 0 Å². The highest BCUT2D eigenvalue weighted by Crippen LogP contribution is 2.28. The number of hydrogen-bond acceptors (Lipinski definition) is 5. The van der Waals surface area contributed by atoms with E-state index in [4.69, 9.17) is 21.1 Å². The van der Waals surface area contributed by atoms with Crippen molar-refractivity contribution in [3.05, 3.63) is 88.4 Å². The van der Waals surface area contributed by atoms with Gasteiger partial charge in [-0.3, -0.25) is 9.59 Å². The van der Waals surface area contributed by atoms with Crippen LogP contribution in [0.5, 0.6) is 11.5 Å². The van der Waals surface area contributed by atoms with Crippen LogP contribution in [0.4, 0.5) is 5.69 Å². The fourth-order valence-electron chi connectivity index (χ4n) is 2.95. The molecule has 0 aliphatic heterocycles. The normalized spacial score (nSPS) is 10.7. The van der Waals surface area contributed by atoms with E-state index in [-0.39, 0.29) is 24.7 Å². The van der Waals surface area contributed by atoms with Gasteiger partial charge in [-0.05, 0) is 60.5 Å². The third-order valence-electron chi connectivity index (χ3n) is 4.81. The first kappa shape index (κ1) is 24.8. The number of methoxy groups -OCH3 is 1. The molecule has 0 atom stereocenters. The van der Waals surface area contributed by atoms with Gasteiger partial charge in [-0.1, -0.05) is 41.4 Å². The zero-order valence-electron chi connectivity index (χ0n) is 19.0. The molecule has 0 aliphatic rings. The van der Waals surface area contributed by atoms with Crippen molar-refractivity contribution in [2.75, 3.05) is 12.4 Å². The van der Waals surface area contributed by atoms with Crippen molar-refractivity contribution >= 4 is 35.3 Å². The van der Waals surface area contributed by atoms with E-state index in [1.807, 2.05) is 55.5 Å². The van der Waals surface area contributed by atoms with E-state index in [0.29, 0.717) is 34.4 Å². The molecular weight excluding hydrogens is 454 g/mol. The van der Waals surface area contributed by atoms with Crippen LogP contribution < -0.4 is 20.2 Å². The van der Waals surface area contributed by atoms with Crippen molar-refractivity contribution in [3.63, 3.8) is 0 Å². The molecule has 0 fully saturated rings. The number of ether oxygens (including phenoxy) is 2. The zero-order chi connectivity index (χ0) is 24.3. The first-order valence-electron chi connectivity index (χ1n) is 10.7. The minimum Gasteiger partial charge on any atom is -0.493 e. The Kier molecular flexibility index (Phi) is 9.05. The fraction of sp³-hybridized carbons (Fsp3) is 0.192. The predicted molar refractivity (Wildman–Crippen MR) is 134 cm³/mol. The van der Waals surface area contributed by atoms with Crippen molar-refractivity contribution in [1.29, 1.82) is 0 Å². The van der Waals surface area contributed by atoms with Crippen LogP contribution in [0.2, 0.25) is 5.02 Å². The lowest BCUT2D eigenvalue weighted by Gasteiger charge is -2.11. The minimum atomic E-state index is -0.356. The van der Waals surface area contributed by atoms with Gasteiger partial charge >= 0.3 is 0 Å². The number of rotatable bonds is 10. The van der Waals surface area contributed by atoms with Crippen LogP contribution in [0.15, 0.2) is 71.8 Å². The van der Waals surface area contributed by atoms with E-state index in [9.17, 15) is 9.59 Å². The largest absolute Gasteiger partial charge is 0.493 e. The van der Waals surface area contributed by atoms with E-state index >= 15 is 0 Å². The lowest BCUT2D eigenvalue weighted by Crippen LogP contribution is -2.20. The molecule has 2 amide bonds. The van der Waals surface area contributed by atoms with Crippen LogP contribution >= 0.6 is 11.6 Å². The highest BCUT2D eigenvalue weighted by molar-refractivity contribution is 6.30. The fourth-order valence-corrected chi connectivity index (χ4v) is 3.07. The number of benzene rings is 3. The van der Waals surface area contributed by atoms with Crippen molar-refractivity contribution in [1.82, 2.24) is 5.43 Å². The smallest absolute Gasteiger partial charge is 0.240 e. The molecule has 0 aliphatic carbocycles. The number of nitrogens with one attached hydrogen (secondary N) is 2. The minimum absolute atomic E-state index is 0.0236. The van der Waals surface area contributed by atoms with Crippen molar-refractivity contribution in [3.8, 4) is 11.5 Å². The van der Waals surface area contributed by atoms with Crippen LogP contribution in [0.25, 0.3) is 0 Å². The second-order valence-electron chi connectivity index (χ2n) is 7.53. The molecule has 0 spiro atoms. The molecule has 0 bridgehead atoms. The Bertz CT molecular complexity index is 1150. The predicted octanol–water partition coefficient (Wildman–Crippen LogP) is 5.11. The summed E-state index contributed by atoms with van der Waals surface area (Å²) in [6.07, 6.45) is 1.58. The average Bonchev–Trinajstić information content (AvgIpc) is 2.84. The first-order chi connectivity index (χ1) is 16.4. The van der Waals surface area contributed by atoms with Crippen LogP contribution in [-0.2, 0) is 16.2 Å². The van der Waals surface area contributed by atoms with E-state index in [1.165, 1.54) is 6.21 Å². The van der Waals surface area contributed by atoms with Crippen molar-refractivity contribution < 1.29 is 19.1 Å². The second-order valence-corrected chi connectivity index (χ2v) is 7.97. The molecule has 0 aromatic heterocycles. The van der Waals surface area contributed by atoms with E-state index in [1.54, 1.807) is 25.3 Å². The number of carbonyl (C=O) groups excluding carboxylic acids is 2. The second kappa shape index (κ2) is 12.4. The number of nitrogens with zero attached hydrogens (tertiary/aromatic N) is 1. The van der Waals surface area contributed by atoms with Gasteiger partial charge in [0, 0.05) is 23.6 Å². The Balaban J connectivity index is 1.45. The molecule has 3 aromatic rings. The summed E-state index contributed by atoms with van der Waals surface area (Å²) in [5.74, 6) is 0.530. The van der Waals surface area contributed by atoms with Gasteiger partial charge in [-0.25, -0.2) is 5.43 Å². The Labute approximate surface area is 203 Å². The summed E-state index contributed by atoms with van der Waals surface area (Å²) in [6.45, 7) is 2.34. The molecule has 34 heavy (non-hydrogen) atoms. The number of anilines is 1. The summed E-state index contributed by atoms with van der Waals surface area (Å²) in [4.78, 5) is 24.0. The third kappa shape index (κ3) is 7.94. The van der Waals surface area contributed by atoms with Gasteiger partial charge in [0.1, 0.15) is 6.61 Å². The monoisotopic (exact) mass is 479 g/mol. The van der Waals surface area contributed by atoms with Gasteiger partial charge in [0.25, 0.3) is 0 Å². The molecule has 0 saturated carbocycles. The standard InChI is InChI=1S/C26H26ClN3O4/c1-18-3-10-22(11-4-18)29-25(31)13-14-26(32)30-28-16-20-7-12-23(24(15-20)33-2)34-17-19-5-8-21(27)9-6-19/h3-12,15-16H,13-14,17H2,1-2H3,(H,29,31)(H,30,32). The number of carbonyl (C=O) groups is 2. The molecule has 0 unspecified atom stereocenters. The van der Waals surface area contributed by atoms with Crippen LogP contribution in [0, 0.1) is 6.92 Å².